The number of fused-ring (bicyclic) bond motifs is 2. The van der Waals surface area contributed by atoms with Crippen LogP contribution in [0.15, 0.2) is 42.5 Å². The lowest BCUT2D eigenvalue weighted by molar-refractivity contribution is 0.643. The Hall–Kier alpha value is -2.13. The van der Waals surface area contributed by atoms with Gasteiger partial charge in [0.2, 0.25) is 0 Å². The highest BCUT2D eigenvalue weighted by atomic mass is 15.1. The fourth-order valence-corrected chi connectivity index (χ4v) is 3.34. The summed E-state index contributed by atoms with van der Waals surface area (Å²) in [6.45, 7) is 5.15. The number of aryl methyl sites for hydroxylation is 1. The van der Waals surface area contributed by atoms with Crippen LogP contribution in [0.3, 0.4) is 0 Å². The summed E-state index contributed by atoms with van der Waals surface area (Å²) in [5.74, 6) is 1.11. The van der Waals surface area contributed by atoms with Gasteiger partial charge >= 0.3 is 0 Å². The molecule has 0 amide bonds. The quantitative estimate of drug-likeness (QED) is 0.778. The summed E-state index contributed by atoms with van der Waals surface area (Å²) < 4.78 is 2.33. The predicted molar refractivity (Wildman–Crippen MR) is 86.3 cm³/mol. The number of imidazole rings is 1. The molecule has 0 fully saturated rings. The van der Waals surface area contributed by atoms with Gasteiger partial charge in [0.1, 0.15) is 5.82 Å². The molecule has 1 aliphatic heterocycles. The number of aromatic nitrogens is 2. The van der Waals surface area contributed by atoms with Gasteiger partial charge in [-0.05, 0) is 43.1 Å². The second-order valence-electron chi connectivity index (χ2n) is 5.54. The Morgan fingerprint density at radius 3 is 2.95 bits per heavy atom. The number of para-hydroxylation sites is 2. The number of hydrogen-bond acceptors (Lipinski definition) is 2. The van der Waals surface area contributed by atoms with Crippen molar-refractivity contribution in [1.82, 2.24) is 14.9 Å². The Balaban J connectivity index is 1.98. The lowest BCUT2D eigenvalue weighted by Gasteiger charge is -2.20. The fraction of sp³-hybridized carbons (Fsp3) is 0.278. The molecule has 0 radical (unpaired) electrons. The number of nitrogens with zero attached hydrogens (tertiary/aromatic N) is 2. The molecule has 2 aromatic carbocycles. The number of hydrogen-bond donors (Lipinski definition) is 1. The van der Waals surface area contributed by atoms with E-state index in [-0.39, 0.29) is 0 Å². The Bertz CT molecular complexity index is 801. The molecule has 0 spiro atoms. The molecule has 0 saturated carbocycles. The molecule has 3 aromatic rings. The van der Waals surface area contributed by atoms with Gasteiger partial charge in [0.05, 0.1) is 11.0 Å². The van der Waals surface area contributed by atoms with Crippen LogP contribution in [0.5, 0.6) is 0 Å². The van der Waals surface area contributed by atoms with Crippen LogP contribution in [-0.4, -0.2) is 16.1 Å². The average Bonchev–Trinajstić information content (AvgIpc) is 2.92. The smallest absolute Gasteiger partial charge is 0.141 e. The molecule has 3 nitrogen and oxygen atoms in total. The third-order valence-corrected chi connectivity index (χ3v) is 4.35. The third kappa shape index (κ3) is 1.96. The molecule has 1 N–H and O–H groups in total. The van der Waals surface area contributed by atoms with Crippen LogP contribution >= 0.6 is 0 Å². The third-order valence-electron chi connectivity index (χ3n) is 4.35. The monoisotopic (exact) mass is 277 g/mol. The Morgan fingerprint density at radius 1 is 1.14 bits per heavy atom. The summed E-state index contributed by atoms with van der Waals surface area (Å²) in [4.78, 5) is 4.90. The van der Waals surface area contributed by atoms with Crippen molar-refractivity contribution in [3.8, 4) is 11.4 Å². The van der Waals surface area contributed by atoms with E-state index in [2.05, 4.69) is 59.3 Å². The maximum atomic E-state index is 4.90. The lowest BCUT2D eigenvalue weighted by atomic mass is 9.95. The first-order valence-corrected chi connectivity index (χ1v) is 7.65. The molecule has 4 rings (SSSR count). The maximum Gasteiger partial charge on any atom is 0.141 e. The number of rotatable bonds is 2. The zero-order valence-corrected chi connectivity index (χ0v) is 12.3. The predicted octanol–water partition coefficient (Wildman–Crippen LogP) is 3.37. The summed E-state index contributed by atoms with van der Waals surface area (Å²) in [6.07, 6.45) is 1.08. The molecule has 21 heavy (non-hydrogen) atoms. The van der Waals surface area contributed by atoms with E-state index in [9.17, 15) is 0 Å². The molecule has 0 unspecified atom stereocenters. The van der Waals surface area contributed by atoms with Crippen molar-refractivity contribution < 1.29 is 0 Å². The SMILES string of the molecule is CCn1c(-c2cccc3c2CCNC3)nc2ccccc21. The van der Waals surface area contributed by atoms with Crippen molar-refractivity contribution in [2.75, 3.05) is 6.54 Å². The zero-order valence-electron chi connectivity index (χ0n) is 12.3. The Labute approximate surface area is 124 Å². The molecular formula is C18H19N3. The average molecular weight is 277 g/mol. The number of benzene rings is 2. The Morgan fingerprint density at radius 2 is 2.05 bits per heavy atom. The van der Waals surface area contributed by atoms with Gasteiger partial charge in [-0.2, -0.15) is 0 Å². The van der Waals surface area contributed by atoms with Gasteiger partial charge in [0.25, 0.3) is 0 Å². The largest absolute Gasteiger partial charge is 0.324 e. The second kappa shape index (κ2) is 5.01. The highest BCUT2D eigenvalue weighted by Gasteiger charge is 2.18. The van der Waals surface area contributed by atoms with E-state index >= 15 is 0 Å². The van der Waals surface area contributed by atoms with Gasteiger partial charge in [-0.15, -0.1) is 0 Å². The topological polar surface area (TPSA) is 29.9 Å². The van der Waals surface area contributed by atoms with Gasteiger partial charge < -0.3 is 9.88 Å². The molecule has 1 aliphatic rings. The summed E-state index contributed by atoms with van der Waals surface area (Å²) in [6, 6.07) is 15.0. The molecule has 3 heteroatoms. The molecule has 1 aromatic heterocycles. The van der Waals surface area contributed by atoms with Gasteiger partial charge in [-0.1, -0.05) is 30.3 Å². The van der Waals surface area contributed by atoms with Crippen LogP contribution in [0.2, 0.25) is 0 Å². The van der Waals surface area contributed by atoms with Crippen LogP contribution < -0.4 is 5.32 Å². The van der Waals surface area contributed by atoms with E-state index in [1.165, 1.54) is 22.2 Å². The van der Waals surface area contributed by atoms with Crippen molar-refractivity contribution in [3.05, 3.63) is 53.6 Å². The standard InChI is InChI=1S/C18H19N3/c1-2-21-17-9-4-3-8-16(17)20-18(21)15-7-5-6-13-12-19-11-10-14(13)15/h3-9,19H,2,10-12H2,1H3. The van der Waals surface area contributed by atoms with E-state index < -0.39 is 0 Å². The van der Waals surface area contributed by atoms with Gasteiger partial charge in [0, 0.05) is 18.7 Å². The van der Waals surface area contributed by atoms with E-state index in [1.807, 2.05) is 0 Å². The van der Waals surface area contributed by atoms with E-state index in [1.54, 1.807) is 0 Å². The van der Waals surface area contributed by atoms with Gasteiger partial charge in [-0.3, -0.25) is 0 Å². The van der Waals surface area contributed by atoms with Crippen molar-refractivity contribution in [2.45, 2.75) is 26.4 Å². The first-order valence-electron chi connectivity index (χ1n) is 7.65. The number of nitrogens with one attached hydrogen (secondary N) is 1. The van der Waals surface area contributed by atoms with E-state index in [4.69, 9.17) is 4.98 Å². The minimum atomic E-state index is 0.942. The normalized spacial score (nSPS) is 14.3. The van der Waals surface area contributed by atoms with Crippen LogP contribution in [0.25, 0.3) is 22.4 Å². The van der Waals surface area contributed by atoms with Crippen molar-refractivity contribution in [2.24, 2.45) is 0 Å². The summed E-state index contributed by atoms with van der Waals surface area (Å²) >= 11 is 0. The van der Waals surface area contributed by atoms with Crippen LogP contribution in [0.4, 0.5) is 0 Å². The van der Waals surface area contributed by atoms with Gasteiger partial charge in [-0.25, -0.2) is 4.98 Å². The highest BCUT2D eigenvalue weighted by Crippen LogP contribution is 2.30. The summed E-state index contributed by atoms with van der Waals surface area (Å²) in [5, 5.41) is 3.45. The molecular weight excluding hydrogens is 258 g/mol. The second-order valence-corrected chi connectivity index (χ2v) is 5.54. The van der Waals surface area contributed by atoms with Gasteiger partial charge in [0.15, 0.2) is 0 Å². The van der Waals surface area contributed by atoms with Crippen molar-refractivity contribution in [3.63, 3.8) is 0 Å². The summed E-state index contributed by atoms with van der Waals surface area (Å²) in [7, 11) is 0. The molecule has 0 saturated heterocycles. The maximum absolute atomic E-state index is 4.90. The van der Waals surface area contributed by atoms with Crippen LogP contribution in [0.1, 0.15) is 18.1 Å². The van der Waals surface area contributed by atoms with E-state index in [0.717, 1.165) is 37.4 Å². The summed E-state index contributed by atoms with van der Waals surface area (Å²) in [5.41, 5.74) is 6.48. The molecule has 106 valence electrons. The van der Waals surface area contributed by atoms with Crippen molar-refractivity contribution in [1.29, 1.82) is 0 Å². The van der Waals surface area contributed by atoms with Crippen LogP contribution in [0, 0.1) is 0 Å². The minimum Gasteiger partial charge on any atom is -0.324 e. The molecule has 2 heterocycles. The first-order chi connectivity index (χ1) is 10.4. The zero-order chi connectivity index (χ0) is 14.2. The lowest BCUT2D eigenvalue weighted by Crippen LogP contribution is -2.24. The molecule has 0 atom stereocenters. The highest BCUT2D eigenvalue weighted by molar-refractivity contribution is 5.81. The minimum absolute atomic E-state index is 0.942. The Kier molecular flexibility index (Phi) is 3.00. The first kappa shape index (κ1) is 12.6. The molecule has 0 aliphatic carbocycles. The van der Waals surface area contributed by atoms with Crippen molar-refractivity contribution >= 4 is 11.0 Å². The fourth-order valence-electron chi connectivity index (χ4n) is 3.34. The van der Waals surface area contributed by atoms with Crippen LogP contribution in [-0.2, 0) is 19.5 Å². The molecule has 0 bridgehead atoms. The van der Waals surface area contributed by atoms with E-state index in [0.29, 0.717) is 0 Å².